The van der Waals surface area contributed by atoms with Crippen LogP contribution >= 0.6 is 0 Å². The molecule has 1 saturated heterocycles. The molecule has 1 saturated carbocycles. The maximum atomic E-state index is 13.4. The maximum Gasteiger partial charge on any atom is 0.234 e. The van der Waals surface area contributed by atoms with E-state index in [1.165, 1.54) is 24.3 Å². The van der Waals surface area contributed by atoms with Crippen LogP contribution in [0.1, 0.15) is 47.7 Å². The lowest BCUT2D eigenvalue weighted by atomic mass is 9.92. The summed E-state index contributed by atoms with van der Waals surface area (Å²) in [6.45, 7) is 3.20. The van der Waals surface area contributed by atoms with Crippen molar-refractivity contribution in [2.45, 2.75) is 37.8 Å². The number of fused-ring (bicyclic) bond motifs is 1. The predicted octanol–water partition coefficient (Wildman–Crippen LogP) is 2.87. The Morgan fingerprint density at radius 2 is 1.71 bits per heavy atom. The van der Waals surface area contributed by atoms with Crippen molar-refractivity contribution in [1.29, 1.82) is 0 Å². The van der Waals surface area contributed by atoms with Crippen LogP contribution < -0.4 is 14.8 Å². The molecular weight excluding hydrogens is 439 g/mol. The largest absolute Gasteiger partial charge is 0.486 e. The van der Waals surface area contributed by atoms with E-state index in [0.29, 0.717) is 55.2 Å². The van der Waals surface area contributed by atoms with Crippen molar-refractivity contribution >= 4 is 11.7 Å². The number of nitrogens with one attached hydrogen (secondary N) is 1. The van der Waals surface area contributed by atoms with Crippen molar-refractivity contribution in [3.8, 4) is 11.5 Å². The van der Waals surface area contributed by atoms with Crippen LogP contribution in [0.25, 0.3) is 0 Å². The summed E-state index contributed by atoms with van der Waals surface area (Å²) < 4.78 is 24.5. The molecule has 1 amide bonds. The van der Waals surface area contributed by atoms with Gasteiger partial charge >= 0.3 is 0 Å². The standard InChI is InChI=1S/C26H29FN2O5/c27-19-6-3-17(4-7-19)24(31)26(9-10-26)25(32)28-20(16-29-11-1-2-12-29)23(30)18-5-8-21-22(15-18)34-14-13-33-21/h3-8,15,20,23,30H,1-2,9-14,16H2,(H,28,32)/t20-,23-/m1/s1. The van der Waals surface area contributed by atoms with Gasteiger partial charge in [-0.1, -0.05) is 6.07 Å². The number of amides is 1. The number of likely N-dealkylation sites (tertiary alicyclic amines) is 1. The fourth-order valence-electron chi connectivity index (χ4n) is 4.81. The van der Waals surface area contributed by atoms with E-state index < -0.39 is 23.4 Å². The molecule has 2 atom stereocenters. The number of aliphatic hydroxyl groups excluding tert-OH is 1. The summed E-state index contributed by atoms with van der Waals surface area (Å²) in [6, 6.07) is 9.96. The van der Waals surface area contributed by atoms with Gasteiger partial charge in [0.15, 0.2) is 17.3 Å². The minimum absolute atomic E-state index is 0.307. The van der Waals surface area contributed by atoms with Crippen LogP contribution in [0.4, 0.5) is 4.39 Å². The molecule has 0 bridgehead atoms. The number of carbonyl (C=O) groups excluding carboxylic acids is 2. The fourth-order valence-corrected chi connectivity index (χ4v) is 4.81. The van der Waals surface area contributed by atoms with Crippen LogP contribution in [0.3, 0.4) is 0 Å². The van der Waals surface area contributed by atoms with Gasteiger partial charge in [0.25, 0.3) is 0 Å². The van der Waals surface area contributed by atoms with Crippen LogP contribution in [0.15, 0.2) is 42.5 Å². The number of aliphatic hydroxyl groups is 1. The van der Waals surface area contributed by atoms with Gasteiger partial charge in [-0.25, -0.2) is 4.39 Å². The van der Waals surface area contributed by atoms with Crippen LogP contribution in [0.2, 0.25) is 0 Å². The molecule has 2 heterocycles. The van der Waals surface area contributed by atoms with Gasteiger partial charge in [-0.15, -0.1) is 0 Å². The Bertz CT molecular complexity index is 1060. The molecule has 2 N–H and O–H groups in total. The van der Waals surface area contributed by atoms with Gasteiger partial charge in [0.2, 0.25) is 5.91 Å². The topological polar surface area (TPSA) is 88.1 Å². The molecule has 2 aromatic rings. The van der Waals surface area contributed by atoms with Crippen molar-refractivity contribution in [2.75, 3.05) is 32.8 Å². The molecule has 7 nitrogen and oxygen atoms in total. The number of Topliss-reactive ketones (excluding diaryl/α,β-unsaturated/α-hetero) is 1. The lowest BCUT2D eigenvalue weighted by Crippen LogP contribution is -2.50. The molecule has 1 aliphatic carbocycles. The number of halogens is 1. The molecule has 3 aliphatic rings. The number of carbonyl (C=O) groups is 2. The van der Waals surface area contributed by atoms with E-state index >= 15 is 0 Å². The summed E-state index contributed by atoms with van der Waals surface area (Å²) in [5, 5.41) is 14.3. The first-order chi connectivity index (χ1) is 16.5. The average Bonchev–Trinajstić information content (AvgIpc) is 3.52. The molecular formula is C26H29FN2O5. The zero-order valence-corrected chi connectivity index (χ0v) is 19.0. The molecule has 0 spiro atoms. The number of ketones is 1. The Kier molecular flexibility index (Phi) is 6.27. The van der Waals surface area contributed by atoms with Crippen LogP contribution in [-0.2, 0) is 4.79 Å². The molecule has 0 radical (unpaired) electrons. The predicted molar refractivity (Wildman–Crippen MR) is 122 cm³/mol. The SMILES string of the molecule is O=C(N[C@H](CN1CCCC1)[C@H](O)c1ccc2c(c1)OCCO2)C1(C(=O)c2ccc(F)cc2)CC1. The molecule has 34 heavy (non-hydrogen) atoms. The third-order valence-corrected chi connectivity index (χ3v) is 6.98. The Morgan fingerprint density at radius 3 is 2.38 bits per heavy atom. The van der Waals surface area contributed by atoms with Gasteiger partial charge < -0.3 is 24.8 Å². The molecule has 5 rings (SSSR count). The quantitative estimate of drug-likeness (QED) is 0.458. The number of benzene rings is 2. The molecule has 2 aromatic carbocycles. The molecule has 2 aliphatic heterocycles. The minimum Gasteiger partial charge on any atom is -0.486 e. The summed E-state index contributed by atoms with van der Waals surface area (Å²) in [5.41, 5.74) is -0.228. The smallest absolute Gasteiger partial charge is 0.234 e. The minimum atomic E-state index is -1.16. The van der Waals surface area contributed by atoms with Crippen LogP contribution in [-0.4, -0.2) is 60.6 Å². The van der Waals surface area contributed by atoms with Crippen molar-refractivity contribution < 1.29 is 28.6 Å². The van der Waals surface area contributed by atoms with Gasteiger partial charge in [0.05, 0.1) is 6.04 Å². The Hall–Kier alpha value is -2.97. The van der Waals surface area contributed by atoms with Gasteiger partial charge in [-0.2, -0.15) is 0 Å². The van der Waals surface area contributed by atoms with Crippen LogP contribution in [0, 0.1) is 11.2 Å². The van der Waals surface area contributed by atoms with Crippen molar-refractivity contribution in [3.63, 3.8) is 0 Å². The Balaban J connectivity index is 1.36. The molecule has 8 heteroatoms. The number of hydrogen-bond donors (Lipinski definition) is 2. The number of ether oxygens (including phenoxy) is 2. The van der Waals surface area contributed by atoms with E-state index in [9.17, 15) is 19.1 Å². The highest BCUT2D eigenvalue weighted by molar-refractivity contribution is 6.16. The summed E-state index contributed by atoms with van der Waals surface area (Å²) in [5.74, 6) is 0.0730. The summed E-state index contributed by atoms with van der Waals surface area (Å²) >= 11 is 0. The highest BCUT2D eigenvalue weighted by Crippen LogP contribution is 2.49. The van der Waals surface area contributed by atoms with Crippen molar-refractivity contribution in [2.24, 2.45) is 5.41 Å². The van der Waals surface area contributed by atoms with E-state index in [4.69, 9.17) is 9.47 Å². The highest BCUT2D eigenvalue weighted by Gasteiger charge is 2.56. The first-order valence-electron chi connectivity index (χ1n) is 11.9. The third-order valence-electron chi connectivity index (χ3n) is 6.98. The van der Waals surface area contributed by atoms with Gasteiger partial charge in [0, 0.05) is 12.1 Å². The van der Waals surface area contributed by atoms with Gasteiger partial charge in [0.1, 0.15) is 30.5 Å². The first kappa shape index (κ1) is 22.8. The molecule has 2 fully saturated rings. The maximum absolute atomic E-state index is 13.4. The number of hydrogen-bond acceptors (Lipinski definition) is 6. The Labute approximate surface area is 197 Å². The second-order valence-corrected chi connectivity index (χ2v) is 9.35. The number of nitrogens with zero attached hydrogens (tertiary/aromatic N) is 1. The van der Waals surface area contributed by atoms with Gasteiger partial charge in [-0.05, 0) is 80.7 Å². The number of rotatable bonds is 8. The average molecular weight is 469 g/mol. The zero-order chi connectivity index (χ0) is 23.7. The molecule has 180 valence electrons. The summed E-state index contributed by atoms with van der Waals surface area (Å²) in [6.07, 6.45) is 2.04. The lowest BCUT2D eigenvalue weighted by Gasteiger charge is -2.30. The van der Waals surface area contributed by atoms with E-state index in [1.54, 1.807) is 18.2 Å². The monoisotopic (exact) mass is 468 g/mol. The van der Waals surface area contributed by atoms with Crippen molar-refractivity contribution in [1.82, 2.24) is 10.2 Å². The van der Waals surface area contributed by atoms with E-state index in [0.717, 1.165) is 25.9 Å². The second kappa shape index (κ2) is 9.35. The summed E-state index contributed by atoms with van der Waals surface area (Å²) in [7, 11) is 0. The first-order valence-corrected chi connectivity index (χ1v) is 11.9. The van der Waals surface area contributed by atoms with E-state index in [1.807, 2.05) is 0 Å². The summed E-state index contributed by atoms with van der Waals surface area (Å²) in [4.78, 5) is 28.7. The molecule has 0 aromatic heterocycles. The van der Waals surface area contributed by atoms with Gasteiger partial charge in [-0.3, -0.25) is 9.59 Å². The fraction of sp³-hybridized carbons (Fsp3) is 0.462. The normalized spacial score (nSPS) is 20.4. The van der Waals surface area contributed by atoms with Crippen molar-refractivity contribution in [3.05, 3.63) is 59.4 Å². The second-order valence-electron chi connectivity index (χ2n) is 9.35. The molecule has 0 unspecified atom stereocenters. The third kappa shape index (κ3) is 4.52. The lowest BCUT2D eigenvalue weighted by molar-refractivity contribution is -0.126. The van der Waals surface area contributed by atoms with Crippen LogP contribution in [0.5, 0.6) is 11.5 Å². The Morgan fingerprint density at radius 1 is 1.03 bits per heavy atom. The van der Waals surface area contributed by atoms with E-state index in [2.05, 4.69) is 10.2 Å². The highest BCUT2D eigenvalue weighted by atomic mass is 19.1. The van der Waals surface area contributed by atoms with E-state index in [-0.39, 0.29) is 11.7 Å². The zero-order valence-electron chi connectivity index (χ0n) is 19.0.